The molecule has 122 valence electrons. The topological polar surface area (TPSA) is 24.4 Å². The van der Waals surface area contributed by atoms with E-state index >= 15 is 0 Å². The number of rotatable bonds is 2. The Bertz CT molecular complexity index is 557. The Morgan fingerprint density at radius 2 is 1.77 bits per heavy atom. The van der Waals surface area contributed by atoms with E-state index in [1.165, 1.54) is 22.3 Å². The van der Waals surface area contributed by atoms with Gasteiger partial charge in [0.2, 0.25) is 0 Å². The number of aryl methyl sites for hydroxylation is 2. The van der Waals surface area contributed by atoms with Crippen molar-refractivity contribution in [2.45, 2.75) is 59.6 Å². The molecule has 1 aromatic rings. The van der Waals surface area contributed by atoms with Gasteiger partial charge in [0.05, 0.1) is 0 Å². The molecule has 1 heterocycles. The van der Waals surface area contributed by atoms with E-state index in [1.807, 2.05) is 11.8 Å². The van der Waals surface area contributed by atoms with Crippen molar-refractivity contribution in [3.05, 3.63) is 34.4 Å². The first-order chi connectivity index (χ1) is 10.1. The van der Waals surface area contributed by atoms with Crippen LogP contribution in [0.1, 0.15) is 56.9 Å². The van der Waals surface area contributed by atoms with Crippen LogP contribution < -0.4 is 5.32 Å². The fraction of sp³-hybridized carbons (Fsp3) is 0.632. The minimum atomic E-state index is 0.210. The smallest absolute Gasteiger partial charge is 0.156 e. The van der Waals surface area contributed by atoms with Gasteiger partial charge < -0.3 is 5.32 Å². The number of benzene rings is 1. The van der Waals surface area contributed by atoms with E-state index in [1.54, 1.807) is 0 Å². The highest BCUT2D eigenvalue weighted by Gasteiger charge is 2.22. The van der Waals surface area contributed by atoms with Gasteiger partial charge in [-0.3, -0.25) is 4.99 Å². The third-order valence-electron chi connectivity index (χ3n) is 4.28. The Hall–Kier alpha value is -0.960. The summed E-state index contributed by atoms with van der Waals surface area (Å²) in [7, 11) is 0. The first-order valence-corrected chi connectivity index (χ1v) is 9.09. The minimum absolute atomic E-state index is 0.210. The van der Waals surface area contributed by atoms with E-state index in [9.17, 15) is 0 Å². The van der Waals surface area contributed by atoms with Gasteiger partial charge in [-0.1, -0.05) is 58.5 Å². The lowest BCUT2D eigenvalue weighted by Crippen LogP contribution is -2.39. The molecule has 2 rings (SSSR count). The molecule has 1 N–H and O–H groups in total. The summed E-state index contributed by atoms with van der Waals surface area (Å²) in [6.07, 6.45) is 0. The SMILES string of the molecule is Cc1cc(C(C)(C)C)cc(C)c1CSC1=NCC(C)(C)CN1. The average molecular weight is 319 g/mol. The normalized spacial score (nSPS) is 17.9. The summed E-state index contributed by atoms with van der Waals surface area (Å²) in [6, 6.07) is 4.70. The zero-order valence-electron chi connectivity index (χ0n) is 15.1. The summed E-state index contributed by atoms with van der Waals surface area (Å²) in [5.41, 5.74) is 6.16. The van der Waals surface area contributed by atoms with Gasteiger partial charge in [0.25, 0.3) is 0 Å². The van der Waals surface area contributed by atoms with Crippen LogP contribution in [-0.2, 0) is 11.2 Å². The lowest BCUT2D eigenvalue weighted by atomic mass is 9.84. The Morgan fingerprint density at radius 3 is 2.23 bits per heavy atom. The molecule has 0 saturated heterocycles. The Balaban J connectivity index is 2.10. The van der Waals surface area contributed by atoms with Gasteiger partial charge in [0, 0.05) is 24.3 Å². The monoisotopic (exact) mass is 318 g/mol. The molecule has 3 heteroatoms. The molecule has 0 spiro atoms. The van der Waals surface area contributed by atoms with E-state index < -0.39 is 0 Å². The standard InChI is InChI=1S/C19H30N2S/c1-13-8-15(18(3,4)5)9-14(2)16(13)10-22-17-20-11-19(6,7)12-21-17/h8-9H,10-12H2,1-7H3,(H,20,21). The van der Waals surface area contributed by atoms with Crippen molar-refractivity contribution < 1.29 is 0 Å². The van der Waals surface area contributed by atoms with Crippen molar-refractivity contribution in [1.29, 1.82) is 0 Å². The van der Waals surface area contributed by atoms with Crippen molar-refractivity contribution >= 4 is 16.9 Å². The van der Waals surface area contributed by atoms with Gasteiger partial charge in [-0.2, -0.15) is 0 Å². The number of nitrogens with zero attached hydrogens (tertiary/aromatic N) is 1. The molecule has 1 aliphatic heterocycles. The molecule has 2 nitrogen and oxygen atoms in total. The molecule has 1 aliphatic rings. The lowest BCUT2D eigenvalue weighted by molar-refractivity contribution is 0.364. The van der Waals surface area contributed by atoms with Gasteiger partial charge >= 0.3 is 0 Å². The predicted octanol–water partition coefficient (Wildman–Crippen LogP) is 4.82. The minimum Gasteiger partial charge on any atom is -0.364 e. The van der Waals surface area contributed by atoms with E-state index in [4.69, 9.17) is 0 Å². The van der Waals surface area contributed by atoms with Crippen LogP contribution in [0.3, 0.4) is 0 Å². The van der Waals surface area contributed by atoms with Crippen molar-refractivity contribution in [2.24, 2.45) is 10.4 Å². The summed E-state index contributed by atoms with van der Waals surface area (Å²) in [5.74, 6) is 0.994. The molecule has 0 aliphatic carbocycles. The van der Waals surface area contributed by atoms with Crippen molar-refractivity contribution in [3.8, 4) is 0 Å². The fourth-order valence-corrected chi connectivity index (χ4v) is 3.67. The van der Waals surface area contributed by atoms with Gasteiger partial charge in [-0.25, -0.2) is 0 Å². The van der Waals surface area contributed by atoms with Gasteiger partial charge in [0.1, 0.15) is 0 Å². The van der Waals surface area contributed by atoms with E-state index in [2.05, 4.69) is 70.9 Å². The van der Waals surface area contributed by atoms with E-state index in [0.717, 1.165) is 24.0 Å². The molecule has 0 amide bonds. The van der Waals surface area contributed by atoms with Crippen LogP contribution in [0.15, 0.2) is 17.1 Å². The van der Waals surface area contributed by atoms with Crippen molar-refractivity contribution in [3.63, 3.8) is 0 Å². The van der Waals surface area contributed by atoms with E-state index in [0.29, 0.717) is 0 Å². The second-order valence-corrected chi connectivity index (χ2v) is 9.23. The highest BCUT2D eigenvalue weighted by molar-refractivity contribution is 8.13. The molecule has 0 fully saturated rings. The largest absolute Gasteiger partial charge is 0.364 e. The van der Waals surface area contributed by atoms with Crippen LogP contribution in [-0.4, -0.2) is 18.3 Å². The molecule has 0 aromatic heterocycles. The molecule has 0 unspecified atom stereocenters. The molecule has 0 atom stereocenters. The maximum Gasteiger partial charge on any atom is 0.156 e. The lowest BCUT2D eigenvalue weighted by Gasteiger charge is -2.29. The second kappa shape index (κ2) is 6.27. The number of amidine groups is 1. The van der Waals surface area contributed by atoms with Gasteiger partial charge in [-0.05, 0) is 41.5 Å². The van der Waals surface area contributed by atoms with Crippen LogP contribution in [0.25, 0.3) is 0 Å². The van der Waals surface area contributed by atoms with E-state index in [-0.39, 0.29) is 10.8 Å². The molecule has 0 saturated carbocycles. The van der Waals surface area contributed by atoms with Gasteiger partial charge in [-0.15, -0.1) is 0 Å². The summed E-state index contributed by atoms with van der Waals surface area (Å²) in [5, 5.41) is 4.56. The van der Waals surface area contributed by atoms with Gasteiger partial charge in [0.15, 0.2) is 5.17 Å². The van der Waals surface area contributed by atoms with Crippen LogP contribution >= 0.6 is 11.8 Å². The Kier molecular flexibility index (Phi) is 4.96. The maximum atomic E-state index is 4.68. The van der Waals surface area contributed by atoms with Crippen molar-refractivity contribution in [1.82, 2.24) is 5.32 Å². The van der Waals surface area contributed by atoms with Crippen LogP contribution in [0.2, 0.25) is 0 Å². The number of hydrogen-bond donors (Lipinski definition) is 1. The maximum absolute atomic E-state index is 4.68. The highest BCUT2D eigenvalue weighted by Crippen LogP contribution is 2.29. The third-order valence-corrected chi connectivity index (χ3v) is 5.26. The highest BCUT2D eigenvalue weighted by atomic mass is 32.2. The first-order valence-electron chi connectivity index (χ1n) is 8.10. The van der Waals surface area contributed by atoms with Crippen molar-refractivity contribution in [2.75, 3.05) is 13.1 Å². The van der Waals surface area contributed by atoms with Crippen LogP contribution in [0, 0.1) is 19.3 Å². The Morgan fingerprint density at radius 1 is 1.18 bits per heavy atom. The number of nitrogens with one attached hydrogen (secondary N) is 1. The first kappa shape index (κ1) is 17.4. The number of aliphatic imine (C=N–C) groups is 1. The summed E-state index contributed by atoms with van der Waals surface area (Å²) in [4.78, 5) is 4.68. The summed E-state index contributed by atoms with van der Waals surface area (Å²) < 4.78 is 0. The number of thioether (sulfide) groups is 1. The zero-order chi connectivity index (χ0) is 16.5. The quantitative estimate of drug-likeness (QED) is 0.845. The average Bonchev–Trinajstić information content (AvgIpc) is 2.38. The van der Waals surface area contributed by atoms with Crippen LogP contribution in [0.5, 0.6) is 0 Å². The zero-order valence-corrected chi connectivity index (χ0v) is 15.9. The molecule has 0 radical (unpaired) electrons. The summed E-state index contributed by atoms with van der Waals surface area (Å²) in [6.45, 7) is 17.7. The van der Waals surface area contributed by atoms with Crippen LogP contribution in [0.4, 0.5) is 0 Å². The number of hydrogen-bond acceptors (Lipinski definition) is 3. The fourth-order valence-electron chi connectivity index (χ4n) is 2.60. The molecule has 22 heavy (non-hydrogen) atoms. The molecule has 0 bridgehead atoms. The predicted molar refractivity (Wildman–Crippen MR) is 100.0 cm³/mol. The molecular weight excluding hydrogens is 288 g/mol. The third kappa shape index (κ3) is 4.28. The Labute approximate surface area is 140 Å². The summed E-state index contributed by atoms with van der Waals surface area (Å²) >= 11 is 1.83. The molecule has 1 aromatic carbocycles. The molecular formula is C19H30N2S. The second-order valence-electron chi connectivity index (χ2n) is 8.27.